The molecule has 11 heteroatoms. The Bertz CT molecular complexity index is 886. The first-order valence-electron chi connectivity index (χ1n) is 7.00. The maximum atomic E-state index is 11.7. The number of carbonyl (C=O) groups is 1. The Balaban J connectivity index is 1.89. The molecule has 1 amide bonds. The maximum Gasteiger partial charge on any atom is 0.289 e. The number of nitrogens with zero attached hydrogens (tertiary/aromatic N) is 3. The van der Waals surface area contributed by atoms with E-state index >= 15 is 0 Å². The van der Waals surface area contributed by atoms with Gasteiger partial charge in [0.25, 0.3) is 17.3 Å². The summed E-state index contributed by atoms with van der Waals surface area (Å²) in [4.78, 5) is 36.8. The highest BCUT2D eigenvalue weighted by Gasteiger charge is 2.14. The largest absolute Gasteiger partial charge is 0.386 e. The fourth-order valence-electron chi connectivity index (χ4n) is 1.84. The lowest BCUT2D eigenvalue weighted by Gasteiger charge is -2.04. The molecular formula is C15H11ClN4O6. The van der Waals surface area contributed by atoms with E-state index in [0.717, 1.165) is 6.07 Å². The van der Waals surface area contributed by atoms with Crippen LogP contribution in [0.1, 0.15) is 5.56 Å². The number of non-ortho nitro benzene ring substituents is 1. The second kappa shape index (κ2) is 8.53. The van der Waals surface area contributed by atoms with Crippen molar-refractivity contribution in [3.63, 3.8) is 0 Å². The lowest BCUT2D eigenvalue weighted by Crippen LogP contribution is -2.17. The maximum absolute atomic E-state index is 11.7. The van der Waals surface area contributed by atoms with Crippen LogP contribution in [0.4, 0.5) is 17.1 Å². The average Bonchev–Trinajstić information content (AvgIpc) is 2.60. The zero-order chi connectivity index (χ0) is 19.1. The zero-order valence-corrected chi connectivity index (χ0v) is 13.8. The van der Waals surface area contributed by atoms with Gasteiger partial charge >= 0.3 is 0 Å². The van der Waals surface area contributed by atoms with Crippen molar-refractivity contribution in [3.05, 3.63) is 73.3 Å². The Morgan fingerprint density at radius 2 is 1.96 bits per heavy atom. The highest BCUT2D eigenvalue weighted by molar-refractivity contribution is 6.32. The topological polar surface area (TPSA) is 137 Å². The van der Waals surface area contributed by atoms with Gasteiger partial charge in [-0.3, -0.25) is 25.0 Å². The van der Waals surface area contributed by atoms with Crippen LogP contribution in [0.25, 0.3) is 0 Å². The van der Waals surface area contributed by atoms with Gasteiger partial charge in [0.15, 0.2) is 6.61 Å². The van der Waals surface area contributed by atoms with E-state index in [2.05, 4.69) is 10.5 Å². The molecule has 26 heavy (non-hydrogen) atoms. The summed E-state index contributed by atoms with van der Waals surface area (Å²) < 4.78 is 0. The molecule has 0 heterocycles. The second-order valence-electron chi connectivity index (χ2n) is 4.83. The number of hydrogen-bond acceptors (Lipinski definition) is 7. The molecule has 0 bridgehead atoms. The average molecular weight is 379 g/mol. The van der Waals surface area contributed by atoms with Crippen LogP contribution in [-0.2, 0) is 9.63 Å². The third kappa shape index (κ3) is 5.24. The zero-order valence-electron chi connectivity index (χ0n) is 13.0. The second-order valence-corrected chi connectivity index (χ2v) is 5.24. The van der Waals surface area contributed by atoms with Gasteiger partial charge in [0.2, 0.25) is 0 Å². The van der Waals surface area contributed by atoms with Crippen molar-refractivity contribution in [2.24, 2.45) is 5.16 Å². The third-order valence-electron chi connectivity index (χ3n) is 2.98. The fourth-order valence-corrected chi connectivity index (χ4v) is 2.03. The Hall–Kier alpha value is -3.53. The Morgan fingerprint density at radius 3 is 2.65 bits per heavy atom. The molecule has 0 atom stereocenters. The van der Waals surface area contributed by atoms with Gasteiger partial charge < -0.3 is 10.2 Å². The summed E-state index contributed by atoms with van der Waals surface area (Å²) in [6.07, 6.45) is 1.22. The van der Waals surface area contributed by atoms with Gasteiger partial charge in [-0.15, -0.1) is 0 Å². The smallest absolute Gasteiger partial charge is 0.289 e. The van der Waals surface area contributed by atoms with Crippen LogP contribution in [0, 0.1) is 20.2 Å². The van der Waals surface area contributed by atoms with Crippen molar-refractivity contribution in [1.29, 1.82) is 0 Å². The van der Waals surface area contributed by atoms with Crippen molar-refractivity contribution < 1.29 is 19.5 Å². The van der Waals surface area contributed by atoms with Crippen LogP contribution in [0.3, 0.4) is 0 Å². The summed E-state index contributed by atoms with van der Waals surface area (Å²) in [5.74, 6) is -0.599. The first kappa shape index (κ1) is 18.8. The third-order valence-corrected chi connectivity index (χ3v) is 3.30. The van der Waals surface area contributed by atoms with E-state index in [-0.39, 0.29) is 22.1 Å². The molecule has 0 unspecified atom stereocenters. The quantitative estimate of drug-likeness (QED) is 0.446. The van der Waals surface area contributed by atoms with Crippen LogP contribution in [0.2, 0.25) is 5.02 Å². The Labute approximate surface area is 151 Å². The van der Waals surface area contributed by atoms with Gasteiger partial charge in [-0.25, -0.2) is 0 Å². The summed E-state index contributed by atoms with van der Waals surface area (Å²) >= 11 is 5.68. The molecule has 134 valence electrons. The standard InChI is InChI=1S/C15H11ClN4O6/c16-13-5-4-11(7-14(13)20(24)25)18-15(21)9-26-17-8-10-2-1-3-12(6-10)19(22)23/h1-8H,9H2,(H,18,21)/b17-8+. The molecule has 0 spiro atoms. The summed E-state index contributed by atoms with van der Waals surface area (Å²) in [5, 5.41) is 27.3. The SMILES string of the molecule is O=C(CO/N=C/c1cccc([N+](=O)[O-])c1)Nc1ccc(Cl)c([N+](=O)[O-])c1. The summed E-state index contributed by atoms with van der Waals surface area (Å²) in [5.41, 5.74) is 0.162. The van der Waals surface area contributed by atoms with E-state index in [1.54, 1.807) is 6.07 Å². The number of nitro benzene ring substituents is 2. The number of carbonyl (C=O) groups excluding carboxylic acids is 1. The molecule has 0 aliphatic rings. The summed E-state index contributed by atoms with van der Waals surface area (Å²) in [6, 6.07) is 9.49. The van der Waals surface area contributed by atoms with Gasteiger partial charge in [-0.2, -0.15) is 0 Å². The number of oxime groups is 1. The molecule has 0 aromatic heterocycles. The molecule has 1 N–H and O–H groups in total. The molecule has 0 saturated carbocycles. The van der Waals surface area contributed by atoms with Crippen molar-refractivity contribution in [3.8, 4) is 0 Å². The molecule has 10 nitrogen and oxygen atoms in total. The number of anilines is 1. The minimum atomic E-state index is -0.669. The number of halogens is 1. The predicted molar refractivity (Wildman–Crippen MR) is 93.4 cm³/mol. The molecule has 2 rings (SSSR count). The normalized spacial score (nSPS) is 10.5. The van der Waals surface area contributed by atoms with Crippen molar-refractivity contribution in [2.75, 3.05) is 11.9 Å². The van der Waals surface area contributed by atoms with Crippen molar-refractivity contribution >= 4 is 40.8 Å². The monoisotopic (exact) mass is 378 g/mol. The summed E-state index contributed by atoms with van der Waals surface area (Å²) in [7, 11) is 0. The predicted octanol–water partition coefficient (Wildman–Crippen LogP) is 3.15. The van der Waals surface area contributed by atoms with Gasteiger partial charge in [-0.1, -0.05) is 28.9 Å². The molecule has 0 aliphatic carbocycles. The van der Waals surface area contributed by atoms with E-state index in [1.807, 2.05) is 0 Å². The van der Waals surface area contributed by atoms with Gasteiger partial charge in [-0.05, 0) is 12.1 Å². The first-order chi connectivity index (χ1) is 12.4. The molecule has 0 saturated heterocycles. The number of nitrogens with one attached hydrogen (secondary N) is 1. The van der Waals surface area contributed by atoms with Crippen molar-refractivity contribution in [2.45, 2.75) is 0 Å². The molecule has 0 aliphatic heterocycles. The van der Waals surface area contributed by atoms with Crippen LogP contribution >= 0.6 is 11.6 Å². The molecule has 2 aromatic rings. The minimum Gasteiger partial charge on any atom is -0.386 e. The first-order valence-corrected chi connectivity index (χ1v) is 7.38. The summed E-state index contributed by atoms with van der Waals surface area (Å²) in [6.45, 7) is -0.456. The molecule has 0 fully saturated rings. The number of rotatable bonds is 7. The van der Waals surface area contributed by atoms with E-state index < -0.39 is 22.4 Å². The van der Waals surface area contributed by atoms with E-state index in [1.165, 1.54) is 36.5 Å². The van der Waals surface area contributed by atoms with E-state index in [0.29, 0.717) is 5.56 Å². The fraction of sp³-hybridized carbons (Fsp3) is 0.0667. The van der Waals surface area contributed by atoms with Crippen LogP contribution < -0.4 is 5.32 Å². The number of benzene rings is 2. The number of nitro groups is 2. The van der Waals surface area contributed by atoms with Gasteiger partial charge in [0.05, 0.1) is 16.1 Å². The molecular weight excluding hydrogens is 368 g/mol. The van der Waals surface area contributed by atoms with E-state index in [9.17, 15) is 25.0 Å². The lowest BCUT2D eigenvalue weighted by atomic mass is 10.2. The molecule has 2 aromatic carbocycles. The van der Waals surface area contributed by atoms with E-state index in [4.69, 9.17) is 16.4 Å². The number of hydrogen-bond donors (Lipinski definition) is 1. The highest BCUT2D eigenvalue weighted by atomic mass is 35.5. The van der Waals surface area contributed by atoms with Gasteiger partial charge in [0, 0.05) is 29.4 Å². The number of amides is 1. The van der Waals surface area contributed by atoms with Crippen LogP contribution in [0.15, 0.2) is 47.6 Å². The Kier molecular flexibility index (Phi) is 6.17. The Morgan fingerprint density at radius 1 is 1.19 bits per heavy atom. The lowest BCUT2D eigenvalue weighted by molar-refractivity contribution is -0.385. The minimum absolute atomic E-state index is 0.0502. The van der Waals surface area contributed by atoms with Crippen LogP contribution in [0.5, 0.6) is 0 Å². The highest BCUT2D eigenvalue weighted by Crippen LogP contribution is 2.27. The van der Waals surface area contributed by atoms with Crippen LogP contribution in [-0.4, -0.2) is 28.6 Å². The molecule has 0 radical (unpaired) electrons. The van der Waals surface area contributed by atoms with Gasteiger partial charge in [0.1, 0.15) is 5.02 Å². The van der Waals surface area contributed by atoms with Crippen molar-refractivity contribution in [1.82, 2.24) is 0 Å².